The molecular weight excluding hydrogens is 220 g/mol. The van der Waals surface area contributed by atoms with E-state index in [1.165, 1.54) is 0 Å². The van der Waals surface area contributed by atoms with E-state index >= 15 is 0 Å². The van der Waals surface area contributed by atoms with Crippen molar-refractivity contribution in [3.8, 4) is 0 Å². The van der Waals surface area contributed by atoms with Gasteiger partial charge < -0.3 is 15.4 Å². The molecule has 5 heteroatoms. The number of H-pyrrole nitrogens is 1. The zero-order valence-corrected chi connectivity index (χ0v) is 10.1. The molecule has 0 radical (unpaired) electrons. The maximum atomic E-state index is 11.8. The minimum absolute atomic E-state index is 0.341. The number of amides is 1. The fourth-order valence-corrected chi connectivity index (χ4v) is 1.60. The summed E-state index contributed by atoms with van der Waals surface area (Å²) < 4.78 is 0. The molecule has 0 saturated heterocycles. The highest BCUT2D eigenvalue weighted by atomic mass is 16.4. The SMILES string of the molecule is CCCCC(NC(=O)c1cc[nH]c1C)C(=O)O. The third-order valence-electron chi connectivity index (χ3n) is 2.65. The van der Waals surface area contributed by atoms with Crippen LogP contribution in [0.4, 0.5) is 0 Å². The molecule has 1 aromatic rings. The summed E-state index contributed by atoms with van der Waals surface area (Å²) in [6.45, 7) is 3.76. The van der Waals surface area contributed by atoms with Crippen LogP contribution < -0.4 is 5.32 Å². The van der Waals surface area contributed by atoms with Crippen molar-refractivity contribution in [3.05, 3.63) is 23.5 Å². The van der Waals surface area contributed by atoms with Gasteiger partial charge >= 0.3 is 5.97 Å². The molecule has 5 nitrogen and oxygen atoms in total. The van der Waals surface area contributed by atoms with E-state index in [2.05, 4.69) is 10.3 Å². The van der Waals surface area contributed by atoms with Gasteiger partial charge in [-0.05, 0) is 19.4 Å². The van der Waals surface area contributed by atoms with E-state index in [-0.39, 0.29) is 5.91 Å². The van der Waals surface area contributed by atoms with Gasteiger partial charge in [0.15, 0.2) is 0 Å². The van der Waals surface area contributed by atoms with Gasteiger partial charge in [0.05, 0.1) is 5.56 Å². The third kappa shape index (κ3) is 3.62. The highest BCUT2D eigenvalue weighted by Gasteiger charge is 2.20. The number of rotatable bonds is 6. The zero-order chi connectivity index (χ0) is 12.8. The van der Waals surface area contributed by atoms with Crippen LogP contribution in [0.1, 0.15) is 42.2 Å². The Morgan fingerprint density at radius 1 is 1.53 bits per heavy atom. The molecule has 1 amide bonds. The van der Waals surface area contributed by atoms with Gasteiger partial charge in [0.2, 0.25) is 0 Å². The number of carbonyl (C=O) groups excluding carboxylic acids is 1. The molecule has 0 bridgehead atoms. The average Bonchev–Trinajstić information content (AvgIpc) is 2.70. The topological polar surface area (TPSA) is 82.2 Å². The van der Waals surface area contributed by atoms with Gasteiger partial charge in [0.25, 0.3) is 5.91 Å². The Morgan fingerprint density at radius 3 is 2.71 bits per heavy atom. The summed E-state index contributed by atoms with van der Waals surface area (Å²) in [5.41, 5.74) is 1.23. The van der Waals surface area contributed by atoms with Crippen molar-refractivity contribution in [1.82, 2.24) is 10.3 Å². The van der Waals surface area contributed by atoms with Crippen LogP contribution in [0.5, 0.6) is 0 Å². The molecular formula is C12H18N2O3. The number of carboxylic acid groups (broad SMARTS) is 1. The molecule has 94 valence electrons. The van der Waals surface area contributed by atoms with E-state index < -0.39 is 12.0 Å². The normalized spacial score (nSPS) is 12.1. The minimum atomic E-state index is -0.986. The van der Waals surface area contributed by atoms with Crippen LogP contribution in [-0.4, -0.2) is 28.0 Å². The predicted molar refractivity (Wildman–Crippen MR) is 63.9 cm³/mol. The Balaban J connectivity index is 2.64. The van der Waals surface area contributed by atoms with Gasteiger partial charge in [-0.3, -0.25) is 4.79 Å². The molecule has 0 aromatic carbocycles. The van der Waals surface area contributed by atoms with Crippen molar-refractivity contribution in [3.63, 3.8) is 0 Å². The van der Waals surface area contributed by atoms with Crippen LogP contribution in [0.25, 0.3) is 0 Å². The molecule has 1 unspecified atom stereocenters. The molecule has 17 heavy (non-hydrogen) atoms. The molecule has 0 spiro atoms. The fraction of sp³-hybridized carbons (Fsp3) is 0.500. The summed E-state index contributed by atoms with van der Waals surface area (Å²) in [7, 11) is 0. The summed E-state index contributed by atoms with van der Waals surface area (Å²) >= 11 is 0. The maximum absolute atomic E-state index is 11.8. The van der Waals surface area contributed by atoms with E-state index in [9.17, 15) is 9.59 Å². The van der Waals surface area contributed by atoms with Crippen molar-refractivity contribution in [2.45, 2.75) is 39.2 Å². The largest absolute Gasteiger partial charge is 0.480 e. The van der Waals surface area contributed by atoms with Crippen LogP contribution in [-0.2, 0) is 4.79 Å². The summed E-state index contributed by atoms with van der Waals surface area (Å²) in [6, 6.07) is 0.834. The van der Waals surface area contributed by atoms with Gasteiger partial charge in [0.1, 0.15) is 6.04 Å². The highest BCUT2D eigenvalue weighted by Crippen LogP contribution is 2.07. The van der Waals surface area contributed by atoms with Crippen LogP contribution in [0.15, 0.2) is 12.3 Å². The monoisotopic (exact) mass is 238 g/mol. The fourth-order valence-electron chi connectivity index (χ4n) is 1.60. The Hall–Kier alpha value is -1.78. The second-order valence-electron chi connectivity index (χ2n) is 4.02. The molecule has 0 saturated carbocycles. The van der Waals surface area contributed by atoms with Gasteiger partial charge in [-0.15, -0.1) is 0 Å². The Morgan fingerprint density at radius 2 is 2.24 bits per heavy atom. The van der Waals surface area contributed by atoms with Crippen molar-refractivity contribution < 1.29 is 14.7 Å². The number of carboxylic acids is 1. The Labute approximate surface area is 100 Å². The zero-order valence-electron chi connectivity index (χ0n) is 10.1. The third-order valence-corrected chi connectivity index (χ3v) is 2.65. The first-order chi connectivity index (χ1) is 8.06. The van der Waals surface area contributed by atoms with E-state index in [1.54, 1.807) is 19.2 Å². The first-order valence-electron chi connectivity index (χ1n) is 5.74. The second kappa shape index (κ2) is 6.08. The molecule has 1 rings (SSSR count). The van der Waals surface area contributed by atoms with Crippen molar-refractivity contribution in [2.24, 2.45) is 0 Å². The number of hydrogen-bond acceptors (Lipinski definition) is 2. The molecule has 1 aromatic heterocycles. The smallest absolute Gasteiger partial charge is 0.326 e. The Bertz CT molecular complexity index is 398. The second-order valence-corrected chi connectivity index (χ2v) is 4.02. The number of carbonyl (C=O) groups is 2. The number of nitrogens with one attached hydrogen (secondary N) is 2. The first kappa shape index (κ1) is 13.3. The van der Waals surface area contributed by atoms with Crippen LogP contribution in [0.3, 0.4) is 0 Å². The molecule has 0 fully saturated rings. The molecule has 0 aliphatic carbocycles. The minimum Gasteiger partial charge on any atom is -0.480 e. The van der Waals surface area contributed by atoms with Crippen molar-refractivity contribution in [2.75, 3.05) is 0 Å². The molecule has 1 atom stereocenters. The van der Waals surface area contributed by atoms with Crippen LogP contribution in [0.2, 0.25) is 0 Å². The standard InChI is InChI=1S/C12H18N2O3/c1-3-4-5-10(12(16)17)14-11(15)9-6-7-13-8(9)2/h6-7,10,13H,3-5H2,1-2H3,(H,14,15)(H,16,17). The molecule has 0 aliphatic rings. The van der Waals surface area contributed by atoms with Gasteiger partial charge in [-0.25, -0.2) is 4.79 Å². The number of hydrogen-bond donors (Lipinski definition) is 3. The van der Waals surface area contributed by atoms with E-state index in [0.29, 0.717) is 12.0 Å². The highest BCUT2D eigenvalue weighted by molar-refractivity contribution is 5.97. The lowest BCUT2D eigenvalue weighted by Crippen LogP contribution is -2.40. The lowest BCUT2D eigenvalue weighted by atomic mass is 10.1. The average molecular weight is 238 g/mol. The molecule has 3 N–H and O–H groups in total. The van der Waals surface area contributed by atoms with Gasteiger partial charge in [-0.2, -0.15) is 0 Å². The van der Waals surface area contributed by atoms with Gasteiger partial charge in [-0.1, -0.05) is 19.8 Å². The first-order valence-corrected chi connectivity index (χ1v) is 5.74. The Kier molecular flexibility index (Phi) is 4.75. The number of aryl methyl sites for hydroxylation is 1. The van der Waals surface area contributed by atoms with E-state index in [4.69, 9.17) is 5.11 Å². The van der Waals surface area contributed by atoms with Crippen LogP contribution in [0, 0.1) is 6.92 Å². The van der Waals surface area contributed by atoms with Gasteiger partial charge in [0, 0.05) is 11.9 Å². The number of unbranched alkanes of at least 4 members (excludes halogenated alkanes) is 1. The lowest BCUT2D eigenvalue weighted by molar-refractivity contribution is -0.139. The number of aromatic nitrogens is 1. The quantitative estimate of drug-likeness (QED) is 0.705. The number of aliphatic carboxylic acids is 1. The maximum Gasteiger partial charge on any atom is 0.326 e. The predicted octanol–water partition coefficient (Wildman–Crippen LogP) is 1.70. The van der Waals surface area contributed by atoms with Crippen LogP contribution >= 0.6 is 0 Å². The summed E-state index contributed by atoms with van der Waals surface area (Å²) in [5.74, 6) is -1.33. The molecule has 1 heterocycles. The van der Waals surface area contributed by atoms with Crippen molar-refractivity contribution >= 4 is 11.9 Å². The molecule has 0 aliphatic heterocycles. The number of aromatic amines is 1. The summed E-state index contributed by atoms with van der Waals surface area (Å²) in [5, 5.41) is 11.5. The van der Waals surface area contributed by atoms with E-state index in [1.807, 2.05) is 6.92 Å². The summed E-state index contributed by atoms with van der Waals surface area (Å²) in [6.07, 6.45) is 3.80. The summed E-state index contributed by atoms with van der Waals surface area (Å²) in [4.78, 5) is 25.7. The van der Waals surface area contributed by atoms with Crippen molar-refractivity contribution in [1.29, 1.82) is 0 Å². The lowest BCUT2D eigenvalue weighted by Gasteiger charge is -2.13. The van der Waals surface area contributed by atoms with E-state index in [0.717, 1.165) is 18.5 Å².